The number of hydrogen-bond acceptors (Lipinski definition) is 3. The Morgan fingerprint density at radius 1 is 1.38 bits per heavy atom. The van der Waals surface area contributed by atoms with Gasteiger partial charge >= 0.3 is 0 Å². The first-order valence-corrected chi connectivity index (χ1v) is 6.52. The number of nitrogens with zero attached hydrogens (tertiary/aromatic N) is 2. The molecule has 0 fully saturated rings. The Morgan fingerprint density at radius 2 is 2.14 bits per heavy atom. The highest BCUT2D eigenvalue weighted by Crippen LogP contribution is 2.15. The van der Waals surface area contributed by atoms with E-state index in [9.17, 15) is 4.79 Å². The number of hydrogen-bond donors (Lipinski definition) is 2. The van der Waals surface area contributed by atoms with E-state index in [1.165, 1.54) is 0 Å². The minimum Gasteiger partial charge on any atom is -0.384 e. The molecule has 0 saturated heterocycles. The Bertz CT molecular complexity index is 736. The van der Waals surface area contributed by atoms with E-state index < -0.39 is 0 Å². The van der Waals surface area contributed by atoms with E-state index in [1.54, 1.807) is 30.1 Å². The van der Waals surface area contributed by atoms with Crippen LogP contribution in [0.15, 0.2) is 24.4 Å². The van der Waals surface area contributed by atoms with Crippen molar-refractivity contribution in [3.63, 3.8) is 0 Å². The van der Waals surface area contributed by atoms with Crippen LogP contribution in [-0.2, 0) is 7.05 Å². The van der Waals surface area contributed by atoms with Gasteiger partial charge in [0.1, 0.15) is 6.61 Å². The summed E-state index contributed by atoms with van der Waals surface area (Å²) >= 11 is 0. The van der Waals surface area contributed by atoms with Crippen molar-refractivity contribution in [3.05, 3.63) is 46.8 Å². The van der Waals surface area contributed by atoms with Crippen LogP contribution in [0.1, 0.15) is 27.2 Å². The van der Waals surface area contributed by atoms with Crippen molar-refractivity contribution in [1.29, 1.82) is 0 Å². The lowest BCUT2D eigenvalue weighted by Crippen LogP contribution is -2.12. The van der Waals surface area contributed by atoms with E-state index in [-0.39, 0.29) is 12.5 Å². The largest absolute Gasteiger partial charge is 0.384 e. The fraction of sp³-hybridized carbons (Fsp3) is 0.250. The van der Waals surface area contributed by atoms with Crippen molar-refractivity contribution >= 4 is 11.6 Å². The number of nitrogens with one attached hydrogen (secondary N) is 1. The molecule has 0 saturated carbocycles. The van der Waals surface area contributed by atoms with Gasteiger partial charge in [0.25, 0.3) is 5.91 Å². The third kappa shape index (κ3) is 3.71. The first-order valence-electron chi connectivity index (χ1n) is 6.52. The second kappa shape index (κ2) is 6.25. The predicted octanol–water partition coefficient (Wildman–Crippen LogP) is 1.63. The summed E-state index contributed by atoms with van der Waals surface area (Å²) in [5.74, 6) is 5.19. The van der Waals surface area contributed by atoms with Crippen LogP contribution in [0.5, 0.6) is 0 Å². The molecule has 0 atom stereocenters. The molecule has 1 aromatic carbocycles. The zero-order valence-corrected chi connectivity index (χ0v) is 12.3. The Hall–Kier alpha value is -2.58. The number of rotatable bonds is 2. The van der Waals surface area contributed by atoms with Gasteiger partial charge in [-0.15, -0.1) is 0 Å². The van der Waals surface area contributed by atoms with Crippen molar-refractivity contribution in [2.45, 2.75) is 13.8 Å². The van der Waals surface area contributed by atoms with E-state index in [0.29, 0.717) is 16.8 Å². The Labute approximate surface area is 123 Å². The first kappa shape index (κ1) is 14.8. The van der Waals surface area contributed by atoms with Crippen LogP contribution in [0.3, 0.4) is 0 Å². The molecule has 2 rings (SSSR count). The molecule has 21 heavy (non-hydrogen) atoms. The van der Waals surface area contributed by atoms with E-state index in [1.807, 2.05) is 19.9 Å². The van der Waals surface area contributed by atoms with E-state index in [0.717, 1.165) is 11.3 Å². The van der Waals surface area contributed by atoms with Crippen molar-refractivity contribution < 1.29 is 9.90 Å². The van der Waals surface area contributed by atoms with Gasteiger partial charge in [-0.05, 0) is 37.6 Å². The van der Waals surface area contributed by atoms with Crippen LogP contribution in [-0.4, -0.2) is 27.4 Å². The van der Waals surface area contributed by atoms with Crippen LogP contribution in [0.2, 0.25) is 0 Å². The second-order valence-electron chi connectivity index (χ2n) is 4.80. The summed E-state index contributed by atoms with van der Waals surface area (Å²) in [6.45, 7) is 3.53. The van der Waals surface area contributed by atoms with E-state index in [4.69, 9.17) is 5.11 Å². The molecule has 0 aliphatic rings. The van der Waals surface area contributed by atoms with Crippen LogP contribution in [0.4, 0.5) is 5.69 Å². The quantitative estimate of drug-likeness (QED) is 0.823. The van der Waals surface area contributed by atoms with Gasteiger partial charge < -0.3 is 10.4 Å². The molecule has 0 bridgehead atoms. The molecule has 0 aliphatic carbocycles. The fourth-order valence-corrected chi connectivity index (χ4v) is 2.04. The number of amides is 1. The summed E-state index contributed by atoms with van der Waals surface area (Å²) in [6.07, 6.45) is 1.76. The predicted molar refractivity (Wildman–Crippen MR) is 81.0 cm³/mol. The Balaban J connectivity index is 2.26. The third-order valence-corrected chi connectivity index (χ3v) is 2.91. The average molecular weight is 283 g/mol. The maximum atomic E-state index is 12.3. The summed E-state index contributed by atoms with van der Waals surface area (Å²) in [5, 5.41) is 15.8. The minimum atomic E-state index is -0.207. The Kier molecular flexibility index (Phi) is 4.41. The molecule has 5 nitrogen and oxygen atoms in total. The maximum Gasteiger partial charge on any atom is 0.255 e. The number of carbonyl (C=O) groups excluding carboxylic acids is 1. The van der Waals surface area contributed by atoms with Gasteiger partial charge in [-0.3, -0.25) is 9.48 Å². The van der Waals surface area contributed by atoms with E-state index >= 15 is 0 Å². The summed E-state index contributed by atoms with van der Waals surface area (Å²) < 4.78 is 1.65. The SMILES string of the molecule is Cc1cc(C#CCO)cc(C(=O)Nc2cn(C)nc2C)c1. The summed E-state index contributed by atoms with van der Waals surface area (Å²) in [6, 6.07) is 5.37. The zero-order valence-electron chi connectivity index (χ0n) is 12.3. The molecule has 0 spiro atoms. The third-order valence-electron chi connectivity index (χ3n) is 2.91. The van der Waals surface area contributed by atoms with Crippen LogP contribution in [0, 0.1) is 25.7 Å². The summed E-state index contributed by atoms with van der Waals surface area (Å²) in [4.78, 5) is 12.3. The topological polar surface area (TPSA) is 67.2 Å². The highest BCUT2D eigenvalue weighted by molar-refractivity contribution is 6.04. The maximum absolute atomic E-state index is 12.3. The zero-order chi connectivity index (χ0) is 15.4. The van der Waals surface area contributed by atoms with Crippen molar-refractivity contribution in [2.24, 2.45) is 7.05 Å². The number of carbonyl (C=O) groups is 1. The molecule has 0 unspecified atom stereocenters. The van der Waals surface area contributed by atoms with Crippen LogP contribution in [0.25, 0.3) is 0 Å². The molecule has 1 amide bonds. The molecule has 0 aliphatic heterocycles. The minimum absolute atomic E-state index is 0.204. The highest BCUT2D eigenvalue weighted by atomic mass is 16.2. The molecule has 2 aromatic rings. The first-order chi connectivity index (χ1) is 9.99. The number of aromatic nitrogens is 2. The van der Waals surface area contributed by atoms with Gasteiger partial charge in [0.2, 0.25) is 0 Å². The van der Waals surface area contributed by atoms with Gasteiger partial charge in [-0.25, -0.2) is 0 Å². The summed E-state index contributed by atoms with van der Waals surface area (Å²) in [7, 11) is 1.80. The lowest BCUT2D eigenvalue weighted by molar-refractivity contribution is 0.102. The van der Waals surface area contributed by atoms with Crippen molar-refractivity contribution in [3.8, 4) is 11.8 Å². The number of aryl methyl sites for hydroxylation is 3. The number of aliphatic hydroxyl groups is 1. The van der Waals surface area contributed by atoms with Crippen LogP contribution >= 0.6 is 0 Å². The second-order valence-corrected chi connectivity index (χ2v) is 4.80. The molecule has 108 valence electrons. The number of aliphatic hydroxyl groups excluding tert-OH is 1. The van der Waals surface area contributed by atoms with Gasteiger partial charge in [-0.2, -0.15) is 5.10 Å². The monoisotopic (exact) mass is 283 g/mol. The molecular formula is C16H17N3O2. The smallest absolute Gasteiger partial charge is 0.255 e. The van der Waals surface area contributed by atoms with Gasteiger partial charge in [0, 0.05) is 24.4 Å². The average Bonchev–Trinajstić information content (AvgIpc) is 2.74. The normalized spacial score (nSPS) is 9.90. The fourth-order valence-electron chi connectivity index (χ4n) is 2.04. The molecule has 1 aromatic heterocycles. The summed E-state index contributed by atoms with van der Waals surface area (Å²) in [5.41, 5.74) is 3.62. The molecule has 1 heterocycles. The molecule has 5 heteroatoms. The standard InChI is InChI=1S/C16H17N3O2/c1-11-7-13(5-4-6-20)9-14(8-11)16(21)17-15-10-19(3)18-12(15)2/h7-10,20H,6H2,1-3H3,(H,17,21). The van der Waals surface area contributed by atoms with Crippen LogP contribution < -0.4 is 5.32 Å². The van der Waals surface area contributed by atoms with Gasteiger partial charge in [0.05, 0.1) is 11.4 Å². The molecule has 0 radical (unpaired) electrons. The van der Waals surface area contributed by atoms with Gasteiger partial charge in [0.15, 0.2) is 0 Å². The lowest BCUT2D eigenvalue weighted by atomic mass is 10.1. The molecular weight excluding hydrogens is 266 g/mol. The lowest BCUT2D eigenvalue weighted by Gasteiger charge is -2.05. The Morgan fingerprint density at radius 3 is 2.76 bits per heavy atom. The molecule has 2 N–H and O–H groups in total. The number of anilines is 1. The highest BCUT2D eigenvalue weighted by Gasteiger charge is 2.11. The van der Waals surface area contributed by atoms with Crippen molar-refractivity contribution in [2.75, 3.05) is 11.9 Å². The van der Waals surface area contributed by atoms with Gasteiger partial charge in [-0.1, -0.05) is 11.8 Å². The number of benzene rings is 1. The van der Waals surface area contributed by atoms with Crippen molar-refractivity contribution in [1.82, 2.24) is 9.78 Å². The van der Waals surface area contributed by atoms with E-state index in [2.05, 4.69) is 22.3 Å².